The van der Waals surface area contributed by atoms with Crippen LogP contribution in [0.15, 0.2) is 52.8 Å². The molecule has 0 saturated heterocycles. The second kappa shape index (κ2) is 7.12. The Hall–Kier alpha value is -3.22. The molecule has 2 aromatic heterocycles. The van der Waals surface area contributed by atoms with Crippen molar-refractivity contribution in [2.75, 3.05) is 6.61 Å². The number of rotatable bonds is 5. The van der Waals surface area contributed by atoms with Crippen molar-refractivity contribution in [2.45, 2.75) is 20.3 Å². The number of ether oxygens (including phenoxy) is 1. The highest BCUT2D eigenvalue weighted by Crippen LogP contribution is 2.26. The molecular weight excluding hydrogens is 320 g/mol. The Balaban J connectivity index is 2.02. The van der Waals surface area contributed by atoms with Crippen LogP contribution in [0.5, 0.6) is 5.75 Å². The average Bonchev–Trinajstić information content (AvgIpc) is 2.93. The van der Waals surface area contributed by atoms with Gasteiger partial charge in [0, 0.05) is 6.20 Å². The van der Waals surface area contributed by atoms with Crippen LogP contribution in [-0.4, -0.2) is 27.1 Å². The molecule has 1 N–H and O–H groups in total. The zero-order valence-electron chi connectivity index (χ0n) is 14.0. The van der Waals surface area contributed by atoms with E-state index in [1.807, 2.05) is 25.3 Å². The number of nitrogens with zero attached hydrogens (tertiary/aromatic N) is 4. The molecule has 0 spiro atoms. The lowest BCUT2D eigenvalue weighted by atomic mass is 10.3. The Morgan fingerprint density at radius 1 is 1.24 bits per heavy atom. The lowest BCUT2D eigenvalue weighted by molar-refractivity contribution is -0.142. The molecule has 0 bridgehead atoms. The van der Waals surface area contributed by atoms with Crippen molar-refractivity contribution >= 4 is 23.1 Å². The molecule has 0 aliphatic heterocycles. The van der Waals surface area contributed by atoms with Crippen LogP contribution in [0.1, 0.15) is 18.2 Å². The monoisotopic (exact) mass is 338 g/mol. The maximum Gasteiger partial charge on any atom is 0.312 e. The fourth-order valence-electron chi connectivity index (χ4n) is 2.44. The van der Waals surface area contributed by atoms with Gasteiger partial charge in [-0.25, -0.2) is 4.98 Å². The van der Waals surface area contributed by atoms with Gasteiger partial charge in [-0.1, -0.05) is 6.07 Å². The maximum atomic E-state index is 11.9. The van der Waals surface area contributed by atoms with Crippen LogP contribution in [-0.2, 0) is 16.0 Å². The minimum Gasteiger partial charge on any atom is -0.508 e. The molecule has 25 heavy (non-hydrogen) atoms. The van der Waals surface area contributed by atoms with E-state index < -0.39 is 0 Å². The number of imidazole rings is 1. The van der Waals surface area contributed by atoms with Crippen molar-refractivity contribution in [3.05, 3.63) is 53.9 Å². The molecule has 0 amide bonds. The quantitative estimate of drug-likeness (QED) is 0.565. The first-order chi connectivity index (χ1) is 12.1. The predicted molar refractivity (Wildman–Crippen MR) is 92.5 cm³/mol. The number of fused-ring (bicyclic) bond motifs is 1. The topological polar surface area (TPSA) is 88.5 Å². The minimum absolute atomic E-state index is 0.0267. The number of phenolic OH excluding ortho intramolecular Hbond substituents is 1. The van der Waals surface area contributed by atoms with Crippen LogP contribution in [0.4, 0.5) is 11.5 Å². The van der Waals surface area contributed by atoms with E-state index in [0.717, 1.165) is 11.2 Å². The standard InChI is InChI=1S/C18H18N4O3/c1-3-25-16(24)11-15-18(21-20-13-6-8-14(23)9-7-13)22-10-4-5-12(2)17(22)19-15/h4-10,23H,3,11H2,1-2H3. The van der Waals surface area contributed by atoms with Gasteiger partial charge >= 0.3 is 5.97 Å². The third-order valence-electron chi connectivity index (χ3n) is 3.62. The lowest BCUT2D eigenvalue weighted by Gasteiger charge is -2.01. The highest BCUT2D eigenvalue weighted by molar-refractivity contribution is 5.74. The average molecular weight is 338 g/mol. The number of hydrogen-bond acceptors (Lipinski definition) is 6. The summed E-state index contributed by atoms with van der Waals surface area (Å²) in [5, 5.41) is 17.8. The van der Waals surface area contributed by atoms with Crippen molar-refractivity contribution in [3.8, 4) is 5.75 Å². The molecule has 7 heteroatoms. The predicted octanol–water partition coefficient (Wildman–Crippen LogP) is 3.87. The molecule has 7 nitrogen and oxygen atoms in total. The first-order valence-corrected chi connectivity index (χ1v) is 7.91. The van der Waals surface area contributed by atoms with Gasteiger partial charge in [0.05, 0.1) is 24.4 Å². The van der Waals surface area contributed by atoms with Gasteiger partial charge in [0.25, 0.3) is 0 Å². The summed E-state index contributed by atoms with van der Waals surface area (Å²) in [6.45, 7) is 4.02. The summed E-state index contributed by atoms with van der Waals surface area (Å²) in [6, 6.07) is 10.2. The molecule has 0 saturated carbocycles. The van der Waals surface area contributed by atoms with Crippen molar-refractivity contribution < 1.29 is 14.6 Å². The van der Waals surface area contributed by atoms with E-state index in [9.17, 15) is 9.90 Å². The molecule has 0 unspecified atom stereocenters. The molecule has 0 aliphatic rings. The summed E-state index contributed by atoms with van der Waals surface area (Å²) >= 11 is 0. The largest absolute Gasteiger partial charge is 0.508 e. The molecular formula is C18H18N4O3. The molecule has 3 rings (SSSR count). The molecule has 3 aromatic rings. The number of aryl methyl sites for hydroxylation is 1. The summed E-state index contributed by atoms with van der Waals surface area (Å²) < 4.78 is 6.81. The van der Waals surface area contributed by atoms with Crippen LogP contribution in [0.25, 0.3) is 5.65 Å². The number of pyridine rings is 1. The van der Waals surface area contributed by atoms with Crippen LogP contribution in [0, 0.1) is 6.92 Å². The van der Waals surface area contributed by atoms with Crippen molar-refractivity contribution in [1.82, 2.24) is 9.38 Å². The lowest BCUT2D eigenvalue weighted by Crippen LogP contribution is -2.07. The number of aromatic hydroxyl groups is 1. The molecule has 0 atom stereocenters. The third-order valence-corrected chi connectivity index (χ3v) is 3.62. The Morgan fingerprint density at radius 2 is 2.00 bits per heavy atom. The summed E-state index contributed by atoms with van der Waals surface area (Å²) in [7, 11) is 0. The molecule has 1 aromatic carbocycles. The highest BCUT2D eigenvalue weighted by Gasteiger charge is 2.17. The third kappa shape index (κ3) is 3.65. The normalized spacial score (nSPS) is 11.3. The Morgan fingerprint density at radius 3 is 2.72 bits per heavy atom. The van der Waals surface area contributed by atoms with Gasteiger partial charge in [-0.3, -0.25) is 9.20 Å². The fraction of sp³-hybridized carbons (Fsp3) is 0.222. The number of azo groups is 1. The van der Waals surface area contributed by atoms with Crippen LogP contribution in [0.2, 0.25) is 0 Å². The molecule has 0 radical (unpaired) electrons. The van der Waals surface area contributed by atoms with Gasteiger partial charge < -0.3 is 9.84 Å². The molecule has 128 valence electrons. The molecule has 0 fully saturated rings. The smallest absolute Gasteiger partial charge is 0.312 e. The zero-order chi connectivity index (χ0) is 17.8. The number of phenols is 1. The van der Waals surface area contributed by atoms with E-state index in [1.54, 1.807) is 23.5 Å². The van der Waals surface area contributed by atoms with Crippen molar-refractivity contribution in [1.29, 1.82) is 0 Å². The van der Waals surface area contributed by atoms with Crippen LogP contribution >= 0.6 is 0 Å². The number of aromatic nitrogens is 2. The molecule has 0 aliphatic carbocycles. The van der Waals surface area contributed by atoms with Crippen LogP contribution < -0.4 is 0 Å². The van der Waals surface area contributed by atoms with Gasteiger partial charge in [0.15, 0.2) is 5.82 Å². The minimum atomic E-state index is -0.357. The first kappa shape index (κ1) is 16.6. The highest BCUT2D eigenvalue weighted by atomic mass is 16.5. The van der Waals surface area contributed by atoms with E-state index in [4.69, 9.17) is 4.74 Å². The Kier molecular flexibility index (Phi) is 4.74. The van der Waals surface area contributed by atoms with E-state index in [1.165, 1.54) is 12.1 Å². The second-order valence-electron chi connectivity index (χ2n) is 5.47. The van der Waals surface area contributed by atoms with Crippen molar-refractivity contribution in [2.24, 2.45) is 10.2 Å². The van der Waals surface area contributed by atoms with E-state index in [-0.39, 0.29) is 18.1 Å². The number of benzene rings is 1. The Bertz CT molecular complexity index is 929. The van der Waals surface area contributed by atoms with E-state index in [2.05, 4.69) is 15.2 Å². The molecule has 2 heterocycles. The number of carbonyl (C=O) groups is 1. The maximum absolute atomic E-state index is 11.9. The SMILES string of the molecule is CCOC(=O)Cc1nc2c(C)cccn2c1N=Nc1ccc(O)cc1. The van der Waals surface area contributed by atoms with Gasteiger partial charge in [0.2, 0.25) is 0 Å². The summed E-state index contributed by atoms with van der Waals surface area (Å²) in [5.74, 6) is 0.289. The van der Waals surface area contributed by atoms with Gasteiger partial charge in [-0.05, 0) is 49.7 Å². The van der Waals surface area contributed by atoms with Crippen molar-refractivity contribution in [3.63, 3.8) is 0 Å². The van der Waals surface area contributed by atoms with Gasteiger partial charge in [-0.15, -0.1) is 10.2 Å². The van der Waals surface area contributed by atoms with Gasteiger partial charge in [0.1, 0.15) is 11.4 Å². The summed E-state index contributed by atoms with van der Waals surface area (Å²) in [4.78, 5) is 16.4. The number of carbonyl (C=O) groups excluding carboxylic acids is 1. The summed E-state index contributed by atoms with van der Waals surface area (Å²) in [6.07, 6.45) is 1.86. The Labute approximate surface area is 144 Å². The summed E-state index contributed by atoms with van der Waals surface area (Å²) in [5.41, 5.74) is 2.79. The van der Waals surface area contributed by atoms with Gasteiger partial charge in [-0.2, -0.15) is 0 Å². The number of esters is 1. The van der Waals surface area contributed by atoms with E-state index >= 15 is 0 Å². The fourth-order valence-corrected chi connectivity index (χ4v) is 2.44. The van der Waals surface area contributed by atoms with Crippen LogP contribution in [0.3, 0.4) is 0 Å². The number of hydrogen-bond donors (Lipinski definition) is 1. The first-order valence-electron chi connectivity index (χ1n) is 7.91. The zero-order valence-corrected chi connectivity index (χ0v) is 14.0. The second-order valence-corrected chi connectivity index (χ2v) is 5.47. The van der Waals surface area contributed by atoms with E-state index in [0.29, 0.717) is 23.8 Å².